The average molecular weight is 669 g/mol. The summed E-state index contributed by atoms with van der Waals surface area (Å²) in [6.07, 6.45) is 0. The number of phenolic OH excluding ortho intramolecular Hbond substituents is 2. The van der Waals surface area contributed by atoms with Crippen LogP contribution in [-0.2, 0) is 10.8 Å². The smallest absolute Gasteiger partial charge is 0.115 e. The summed E-state index contributed by atoms with van der Waals surface area (Å²) in [5.41, 5.74) is 14.4. The van der Waals surface area contributed by atoms with Crippen molar-refractivity contribution in [2.24, 2.45) is 0 Å². The van der Waals surface area contributed by atoms with E-state index in [1.165, 1.54) is 110 Å². The fourth-order valence-electron chi connectivity index (χ4n) is 10.0. The molecule has 0 atom stereocenters. The first-order valence-corrected chi connectivity index (χ1v) is 18.2. The molecular formula is C50H36O2. The van der Waals surface area contributed by atoms with E-state index < -0.39 is 0 Å². The van der Waals surface area contributed by atoms with Gasteiger partial charge in [-0.25, -0.2) is 0 Å². The Kier molecular flexibility index (Phi) is 5.58. The van der Waals surface area contributed by atoms with Gasteiger partial charge >= 0.3 is 0 Å². The second-order valence-corrected chi connectivity index (χ2v) is 16.0. The zero-order chi connectivity index (χ0) is 35.3. The highest BCUT2D eigenvalue weighted by Crippen LogP contribution is 2.53. The van der Waals surface area contributed by atoms with Crippen LogP contribution in [-0.4, -0.2) is 10.2 Å². The largest absolute Gasteiger partial charge is 0.508 e. The fraction of sp³-hybridized carbons (Fsp3) is 0.120. The van der Waals surface area contributed by atoms with Crippen molar-refractivity contribution in [3.8, 4) is 56.0 Å². The molecule has 2 aliphatic rings. The van der Waals surface area contributed by atoms with Crippen LogP contribution in [0.5, 0.6) is 11.5 Å². The molecule has 0 aromatic heterocycles. The first-order chi connectivity index (χ1) is 25.1. The number of aromatic hydroxyl groups is 2. The highest BCUT2D eigenvalue weighted by atomic mass is 16.3. The molecule has 2 aliphatic carbocycles. The van der Waals surface area contributed by atoms with E-state index in [1.54, 1.807) is 12.1 Å². The Morgan fingerprint density at radius 2 is 0.712 bits per heavy atom. The van der Waals surface area contributed by atoms with Crippen molar-refractivity contribution in [2.45, 2.75) is 38.5 Å². The van der Waals surface area contributed by atoms with Crippen molar-refractivity contribution in [1.82, 2.24) is 0 Å². The molecule has 0 fully saturated rings. The molecule has 0 saturated carbocycles. The van der Waals surface area contributed by atoms with E-state index in [4.69, 9.17) is 0 Å². The monoisotopic (exact) mass is 668 g/mol. The molecule has 0 aliphatic heterocycles. The Morgan fingerprint density at radius 3 is 1.15 bits per heavy atom. The van der Waals surface area contributed by atoms with Gasteiger partial charge in [0.2, 0.25) is 0 Å². The van der Waals surface area contributed by atoms with E-state index in [2.05, 4.69) is 137 Å². The Morgan fingerprint density at radius 1 is 0.327 bits per heavy atom. The van der Waals surface area contributed by atoms with Gasteiger partial charge in [-0.15, -0.1) is 0 Å². The van der Waals surface area contributed by atoms with E-state index in [-0.39, 0.29) is 10.8 Å². The van der Waals surface area contributed by atoms with Gasteiger partial charge in [-0.05, 0) is 146 Å². The maximum absolute atomic E-state index is 10.3. The van der Waals surface area contributed by atoms with Gasteiger partial charge in [0, 0.05) is 10.8 Å². The summed E-state index contributed by atoms with van der Waals surface area (Å²) in [5.74, 6) is 0.629. The van der Waals surface area contributed by atoms with E-state index in [0.29, 0.717) is 11.5 Å². The van der Waals surface area contributed by atoms with Crippen LogP contribution in [0.4, 0.5) is 0 Å². The first kappa shape index (κ1) is 29.6. The predicted molar refractivity (Wildman–Crippen MR) is 217 cm³/mol. The lowest BCUT2D eigenvalue weighted by Gasteiger charge is -2.22. The molecule has 0 bridgehead atoms. The third-order valence-corrected chi connectivity index (χ3v) is 12.6. The lowest BCUT2D eigenvalue weighted by molar-refractivity contribution is 0.472. The predicted octanol–water partition coefficient (Wildman–Crippen LogP) is 13.1. The molecule has 11 rings (SSSR count). The molecule has 52 heavy (non-hydrogen) atoms. The number of benzene rings is 9. The third kappa shape index (κ3) is 3.69. The number of hydrogen-bond donors (Lipinski definition) is 2. The topological polar surface area (TPSA) is 40.5 Å². The Labute approximate surface area is 302 Å². The van der Waals surface area contributed by atoms with Gasteiger partial charge in [0.05, 0.1) is 0 Å². The van der Waals surface area contributed by atoms with Crippen molar-refractivity contribution in [3.05, 3.63) is 156 Å². The zero-order valence-corrected chi connectivity index (χ0v) is 29.6. The van der Waals surface area contributed by atoms with Crippen LogP contribution in [0.25, 0.3) is 87.6 Å². The summed E-state index contributed by atoms with van der Waals surface area (Å²) in [7, 11) is 0. The van der Waals surface area contributed by atoms with Crippen molar-refractivity contribution >= 4 is 43.1 Å². The van der Waals surface area contributed by atoms with E-state index in [1.807, 2.05) is 12.1 Å². The maximum atomic E-state index is 10.3. The third-order valence-electron chi connectivity index (χ3n) is 12.6. The zero-order valence-electron chi connectivity index (χ0n) is 29.6. The van der Waals surface area contributed by atoms with E-state index in [9.17, 15) is 10.2 Å². The van der Waals surface area contributed by atoms with E-state index >= 15 is 0 Å². The summed E-state index contributed by atoms with van der Waals surface area (Å²) in [6, 6.07) is 48.3. The van der Waals surface area contributed by atoms with Crippen LogP contribution in [0.1, 0.15) is 49.9 Å². The van der Waals surface area contributed by atoms with Crippen LogP contribution in [0.2, 0.25) is 0 Å². The summed E-state index contributed by atoms with van der Waals surface area (Å²) in [4.78, 5) is 0. The molecule has 0 heterocycles. The standard InChI is InChI=1S/C50H36O2/c1-49(2)43-21-11-27(23-41(43)33-15-13-29(51)25-45(33)49)31-17-19-39-40-20-18-32(36-8-6-10-38(48(36)40)37-9-5-7-35(31)47(37)39)28-12-22-44-42(24-28)34-16-14-30(52)26-46(34)50(44,3)4/h5-26,51-52H,1-4H3. The highest BCUT2D eigenvalue weighted by molar-refractivity contribution is 6.35. The Hall–Kier alpha value is -6.12. The van der Waals surface area contributed by atoms with Gasteiger partial charge < -0.3 is 10.2 Å². The summed E-state index contributed by atoms with van der Waals surface area (Å²) in [6.45, 7) is 9.00. The molecule has 9 aromatic rings. The Balaban J connectivity index is 1.11. The molecule has 2 nitrogen and oxygen atoms in total. The van der Waals surface area contributed by atoms with E-state index in [0.717, 1.165) is 0 Å². The summed E-state index contributed by atoms with van der Waals surface area (Å²) in [5, 5.41) is 30.9. The van der Waals surface area contributed by atoms with Crippen LogP contribution in [0.3, 0.4) is 0 Å². The fourth-order valence-corrected chi connectivity index (χ4v) is 10.0. The van der Waals surface area contributed by atoms with Crippen molar-refractivity contribution in [2.75, 3.05) is 0 Å². The molecule has 0 spiro atoms. The van der Waals surface area contributed by atoms with Gasteiger partial charge in [0.1, 0.15) is 11.5 Å². The van der Waals surface area contributed by atoms with Crippen LogP contribution < -0.4 is 0 Å². The molecule has 0 radical (unpaired) electrons. The minimum atomic E-state index is -0.173. The van der Waals surface area contributed by atoms with Crippen LogP contribution in [0.15, 0.2) is 133 Å². The van der Waals surface area contributed by atoms with Gasteiger partial charge in [0.25, 0.3) is 0 Å². The molecule has 0 unspecified atom stereocenters. The first-order valence-electron chi connectivity index (χ1n) is 18.2. The number of rotatable bonds is 2. The maximum Gasteiger partial charge on any atom is 0.115 e. The number of fused-ring (bicyclic) bond motifs is 8. The summed E-state index contributed by atoms with van der Waals surface area (Å²) < 4.78 is 0. The van der Waals surface area contributed by atoms with Crippen molar-refractivity contribution < 1.29 is 10.2 Å². The minimum absolute atomic E-state index is 0.173. The normalized spacial score (nSPS) is 15.0. The van der Waals surface area contributed by atoms with Crippen molar-refractivity contribution in [3.63, 3.8) is 0 Å². The molecule has 0 saturated heterocycles. The molecule has 248 valence electrons. The molecular weight excluding hydrogens is 633 g/mol. The molecule has 2 heteroatoms. The highest BCUT2D eigenvalue weighted by Gasteiger charge is 2.37. The van der Waals surface area contributed by atoms with Crippen LogP contribution >= 0.6 is 0 Å². The van der Waals surface area contributed by atoms with Gasteiger partial charge in [0.15, 0.2) is 0 Å². The van der Waals surface area contributed by atoms with Gasteiger partial charge in [-0.3, -0.25) is 0 Å². The second-order valence-electron chi connectivity index (χ2n) is 16.0. The second kappa shape index (κ2) is 9.80. The number of phenols is 2. The number of hydrogen-bond acceptors (Lipinski definition) is 2. The summed E-state index contributed by atoms with van der Waals surface area (Å²) >= 11 is 0. The quantitative estimate of drug-likeness (QED) is 0.142. The lowest BCUT2D eigenvalue weighted by Crippen LogP contribution is -2.14. The molecule has 2 N–H and O–H groups in total. The minimum Gasteiger partial charge on any atom is -0.508 e. The lowest BCUT2D eigenvalue weighted by atomic mass is 9.81. The average Bonchev–Trinajstić information content (AvgIpc) is 3.51. The van der Waals surface area contributed by atoms with Gasteiger partial charge in [-0.2, -0.15) is 0 Å². The van der Waals surface area contributed by atoms with Crippen LogP contribution in [0, 0.1) is 0 Å². The van der Waals surface area contributed by atoms with Crippen molar-refractivity contribution in [1.29, 1.82) is 0 Å². The molecule has 9 aromatic carbocycles. The molecule has 0 amide bonds. The Bertz CT molecular complexity index is 2810. The van der Waals surface area contributed by atoms with Gasteiger partial charge in [-0.1, -0.05) is 125 Å². The SMILES string of the molecule is CC1(C)c2ccc(-c3ccc4c5ccc(-c6ccc7c(c6)-c6ccc(O)cc6C7(C)C)c6cccc(c7cccc3c74)c65)cc2-c2ccc(O)cc21.